The lowest BCUT2D eigenvalue weighted by atomic mass is 9.82. The van der Waals surface area contributed by atoms with Crippen molar-refractivity contribution >= 4 is 11.6 Å². The third kappa shape index (κ3) is 3.53. The van der Waals surface area contributed by atoms with Crippen LogP contribution in [0.25, 0.3) is 0 Å². The number of aliphatic hydroxyl groups is 1. The molecule has 29 heavy (non-hydrogen) atoms. The highest BCUT2D eigenvalue weighted by Crippen LogP contribution is 2.38. The van der Waals surface area contributed by atoms with Crippen LogP contribution in [0.15, 0.2) is 30.3 Å². The molecule has 152 valence electrons. The Kier molecular flexibility index (Phi) is 5.36. The zero-order valence-electron chi connectivity index (χ0n) is 16.4. The number of hydrogen-bond donors (Lipinski definition) is 2. The van der Waals surface area contributed by atoms with Crippen LogP contribution in [-0.4, -0.2) is 78.0 Å². The van der Waals surface area contributed by atoms with E-state index in [4.69, 9.17) is 4.74 Å². The van der Waals surface area contributed by atoms with E-state index >= 15 is 0 Å². The van der Waals surface area contributed by atoms with Gasteiger partial charge in [-0.2, -0.15) is 0 Å². The molecule has 0 bridgehead atoms. The Bertz CT molecular complexity index is 964. The minimum absolute atomic E-state index is 0.0656. The fourth-order valence-electron chi connectivity index (χ4n) is 3.88. The van der Waals surface area contributed by atoms with Gasteiger partial charge in [-0.15, -0.1) is 0 Å². The summed E-state index contributed by atoms with van der Waals surface area (Å²) in [6.45, 7) is 4.67. The summed E-state index contributed by atoms with van der Waals surface area (Å²) in [4.78, 5) is 30.7. The van der Waals surface area contributed by atoms with E-state index in [-0.39, 0.29) is 39.4 Å². The number of rotatable bonds is 5. The summed E-state index contributed by atoms with van der Waals surface area (Å²) in [6.07, 6.45) is 0. The number of nitrogens with zero attached hydrogens (tertiary/aromatic N) is 2. The third-order valence-electron chi connectivity index (χ3n) is 5.66. The van der Waals surface area contributed by atoms with Gasteiger partial charge in [-0.25, -0.2) is 0 Å². The first-order valence-corrected chi connectivity index (χ1v) is 9.73. The van der Waals surface area contributed by atoms with Gasteiger partial charge in [0.25, 0.3) is 0 Å². The first-order chi connectivity index (χ1) is 14.0. The average Bonchev–Trinajstić information content (AvgIpc) is 2.73. The van der Waals surface area contributed by atoms with Crippen molar-refractivity contribution in [3.63, 3.8) is 0 Å². The molecular weight excluding hydrogens is 372 g/mol. The van der Waals surface area contributed by atoms with Crippen LogP contribution in [0.1, 0.15) is 37.4 Å². The molecule has 7 heteroatoms. The summed E-state index contributed by atoms with van der Waals surface area (Å²) < 4.78 is 5.90. The van der Waals surface area contributed by atoms with Crippen molar-refractivity contribution in [3.8, 4) is 11.5 Å². The predicted octanol–water partition coefficient (Wildman–Crippen LogP) is 1.29. The summed E-state index contributed by atoms with van der Waals surface area (Å²) in [6, 6.07) is 7.91. The number of aromatic hydroxyl groups is 1. The van der Waals surface area contributed by atoms with Crippen molar-refractivity contribution in [1.82, 2.24) is 9.80 Å². The Balaban J connectivity index is 1.59. The third-order valence-corrected chi connectivity index (χ3v) is 5.66. The Hall–Kier alpha value is -2.74. The van der Waals surface area contributed by atoms with Crippen LogP contribution in [0.4, 0.5) is 0 Å². The molecule has 1 heterocycles. The molecule has 1 fully saturated rings. The number of aliphatic hydroxyl groups excluding tert-OH is 1. The maximum absolute atomic E-state index is 13.2. The minimum Gasteiger partial charge on any atom is -0.507 e. The van der Waals surface area contributed by atoms with Crippen LogP contribution in [0, 0.1) is 0 Å². The van der Waals surface area contributed by atoms with E-state index in [1.54, 1.807) is 18.2 Å². The number of ether oxygens (including phenoxy) is 1. The maximum atomic E-state index is 13.2. The minimum atomic E-state index is -0.461. The standard InChI is InChI=1S/C22H24N2O5/c1-23-7-9-24(10-8-23)11-12-29-17-4-2-3-15-18(17)22(28)19-16(21(15)27)6-5-14(13-25)20(19)26/h2-6,25-26H,7-13H2,1H3. The molecule has 4 rings (SSSR count). The number of hydrogen-bond acceptors (Lipinski definition) is 7. The topological polar surface area (TPSA) is 90.3 Å². The monoisotopic (exact) mass is 396 g/mol. The lowest BCUT2D eigenvalue weighted by molar-refractivity contribution is 0.0970. The Morgan fingerprint density at radius 3 is 2.41 bits per heavy atom. The number of phenols is 1. The largest absolute Gasteiger partial charge is 0.507 e. The molecule has 0 unspecified atom stereocenters. The zero-order valence-corrected chi connectivity index (χ0v) is 16.4. The predicted molar refractivity (Wildman–Crippen MR) is 107 cm³/mol. The number of ketones is 2. The second-order valence-corrected chi connectivity index (χ2v) is 7.48. The first kappa shape index (κ1) is 19.6. The van der Waals surface area contributed by atoms with Crippen molar-refractivity contribution in [2.24, 2.45) is 0 Å². The van der Waals surface area contributed by atoms with Gasteiger partial charge in [-0.05, 0) is 19.2 Å². The van der Waals surface area contributed by atoms with Crippen LogP contribution in [-0.2, 0) is 6.61 Å². The summed E-state index contributed by atoms with van der Waals surface area (Å²) in [5.41, 5.74) is 0.738. The normalized spacial score (nSPS) is 17.2. The lowest BCUT2D eigenvalue weighted by Crippen LogP contribution is -2.45. The van der Waals surface area contributed by atoms with Gasteiger partial charge in [0, 0.05) is 49.4 Å². The van der Waals surface area contributed by atoms with E-state index < -0.39 is 12.4 Å². The van der Waals surface area contributed by atoms with Crippen LogP contribution >= 0.6 is 0 Å². The number of carbonyl (C=O) groups is 2. The second-order valence-electron chi connectivity index (χ2n) is 7.48. The molecule has 2 N–H and O–H groups in total. The molecule has 2 aliphatic rings. The van der Waals surface area contributed by atoms with Gasteiger partial charge in [0.15, 0.2) is 5.78 Å². The maximum Gasteiger partial charge on any atom is 0.201 e. The number of likely N-dealkylation sites (N-methyl/N-ethyl adjacent to an activating group) is 1. The summed E-state index contributed by atoms with van der Waals surface area (Å²) in [5, 5.41) is 19.8. The van der Waals surface area contributed by atoms with Crippen molar-refractivity contribution in [2.45, 2.75) is 6.61 Å². The molecule has 1 saturated heterocycles. The highest BCUT2D eigenvalue weighted by atomic mass is 16.5. The highest BCUT2D eigenvalue weighted by Gasteiger charge is 2.35. The molecule has 7 nitrogen and oxygen atoms in total. The van der Waals surface area contributed by atoms with E-state index in [2.05, 4.69) is 16.8 Å². The smallest absolute Gasteiger partial charge is 0.201 e. The van der Waals surface area contributed by atoms with Gasteiger partial charge in [0.1, 0.15) is 18.1 Å². The Morgan fingerprint density at radius 2 is 1.69 bits per heavy atom. The summed E-state index contributed by atoms with van der Waals surface area (Å²) in [5.74, 6) is -0.799. The zero-order chi connectivity index (χ0) is 20.5. The van der Waals surface area contributed by atoms with Crippen LogP contribution in [0.5, 0.6) is 11.5 Å². The number of carbonyl (C=O) groups excluding carboxylic acids is 2. The summed E-state index contributed by atoms with van der Waals surface area (Å²) >= 11 is 0. The van der Waals surface area contributed by atoms with Gasteiger partial charge in [0.05, 0.1) is 17.7 Å². The fourth-order valence-corrected chi connectivity index (χ4v) is 3.88. The van der Waals surface area contributed by atoms with Crippen molar-refractivity contribution in [3.05, 3.63) is 58.1 Å². The molecule has 2 aromatic carbocycles. The molecule has 0 spiro atoms. The molecule has 0 saturated carbocycles. The van der Waals surface area contributed by atoms with E-state index in [1.165, 1.54) is 12.1 Å². The Labute approximate surface area is 169 Å². The molecule has 0 radical (unpaired) electrons. The highest BCUT2D eigenvalue weighted by molar-refractivity contribution is 6.30. The van der Waals surface area contributed by atoms with Gasteiger partial charge >= 0.3 is 0 Å². The molecule has 0 atom stereocenters. The van der Waals surface area contributed by atoms with Gasteiger partial charge in [-0.3, -0.25) is 14.5 Å². The fraction of sp³-hybridized carbons (Fsp3) is 0.364. The number of piperazine rings is 1. The van der Waals surface area contributed by atoms with Gasteiger partial charge < -0.3 is 19.8 Å². The van der Waals surface area contributed by atoms with E-state index in [1.807, 2.05) is 0 Å². The molecule has 0 aromatic heterocycles. The Morgan fingerprint density at radius 1 is 0.966 bits per heavy atom. The molecule has 0 amide bonds. The second kappa shape index (κ2) is 7.94. The molecular formula is C22H24N2O5. The molecule has 1 aliphatic carbocycles. The van der Waals surface area contributed by atoms with E-state index in [0.29, 0.717) is 12.4 Å². The van der Waals surface area contributed by atoms with E-state index in [9.17, 15) is 19.8 Å². The van der Waals surface area contributed by atoms with Crippen molar-refractivity contribution in [1.29, 1.82) is 0 Å². The average molecular weight is 396 g/mol. The van der Waals surface area contributed by atoms with Crippen LogP contribution in [0.3, 0.4) is 0 Å². The number of fused-ring (bicyclic) bond motifs is 2. The SMILES string of the molecule is CN1CCN(CCOc2cccc3c2C(=O)c2c(ccc(CO)c2O)C3=O)CC1. The van der Waals surface area contributed by atoms with Gasteiger partial charge in [-0.1, -0.05) is 18.2 Å². The van der Waals surface area contributed by atoms with Gasteiger partial charge in [0.2, 0.25) is 5.78 Å². The van der Waals surface area contributed by atoms with Crippen molar-refractivity contribution in [2.75, 3.05) is 46.4 Å². The quantitative estimate of drug-likeness (QED) is 0.672. The molecule has 1 aliphatic heterocycles. The van der Waals surface area contributed by atoms with Crippen LogP contribution < -0.4 is 4.74 Å². The summed E-state index contributed by atoms with van der Waals surface area (Å²) in [7, 11) is 2.10. The first-order valence-electron chi connectivity index (χ1n) is 9.73. The number of benzene rings is 2. The van der Waals surface area contributed by atoms with Crippen molar-refractivity contribution < 1.29 is 24.5 Å². The van der Waals surface area contributed by atoms with Crippen LogP contribution in [0.2, 0.25) is 0 Å². The molecule has 2 aromatic rings. The van der Waals surface area contributed by atoms with E-state index in [0.717, 1.165) is 32.7 Å². The lowest BCUT2D eigenvalue weighted by Gasteiger charge is -2.32.